The highest BCUT2D eigenvalue weighted by molar-refractivity contribution is 9.10. The summed E-state index contributed by atoms with van der Waals surface area (Å²) in [5.41, 5.74) is -5.48. The Morgan fingerprint density at radius 1 is 0.947 bits per heavy atom. The van der Waals surface area contributed by atoms with Crippen molar-refractivity contribution in [2.24, 2.45) is 0 Å². The molecule has 0 aromatic carbocycles. The van der Waals surface area contributed by atoms with Crippen molar-refractivity contribution in [3.8, 4) is 0 Å². The number of rotatable bonds is 1. The van der Waals surface area contributed by atoms with E-state index in [9.17, 15) is 43.9 Å². The molecule has 0 saturated carbocycles. The van der Waals surface area contributed by atoms with Gasteiger partial charge in [0.25, 0.3) is 5.67 Å². The van der Waals surface area contributed by atoms with Gasteiger partial charge in [0.1, 0.15) is 0 Å². The zero-order chi connectivity index (χ0) is 15.4. The first-order chi connectivity index (χ1) is 8.30. The Morgan fingerprint density at radius 3 is 1.74 bits per heavy atom. The second-order valence-corrected chi connectivity index (χ2v) is 4.53. The standard InChI is InChI=1S/C8HBrF10/c9-7(16,8(17,18)19)6(15)4(13)2(11)1(10)3(12)5(6)14/h4H. The summed E-state index contributed by atoms with van der Waals surface area (Å²) in [7, 11) is 0. The molecule has 0 bridgehead atoms. The molecule has 0 aromatic rings. The average molecular weight is 367 g/mol. The molecule has 1 rings (SSSR count). The lowest BCUT2D eigenvalue weighted by Gasteiger charge is -2.38. The Hall–Kier alpha value is -0.740. The maximum Gasteiger partial charge on any atom is 0.436 e. The van der Waals surface area contributed by atoms with Crippen LogP contribution in [0, 0.1) is 0 Å². The van der Waals surface area contributed by atoms with Crippen LogP contribution in [-0.4, -0.2) is 22.6 Å². The van der Waals surface area contributed by atoms with Gasteiger partial charge in [-0.05, 0) is 15.9 Å². The molecule has 1 aliphatic rings. The molecular formula is C8HBrF10. The first-order valence-electron chi connectivity index (χ1n) is 4.19. The molecule has 0 aliphatic heterocycles. The largest absolute Gasteiger partial charge is 0.436 e. The molecule has 11 heteroatoms. The van der Waals surface area contributed by atoms with Gasteiger partial charge >= 0.3 is 10.8 Å². The van der Waals surface area contributed by atoms with E-state index < -0.39 is 45.9 Å². The van der Waals surface area contributed by atoms with Gasteiger partial charge in [0.15, 0.2) is 29.5 Å². The maximum absolute atomic E-state index is 13.7. The van der Waals surface area contributed by atoms with Gasteiger partial charge in [0.2, 0.25) is 0 Å². The topological polar surface area (TPSA) is 0 Å². The molecule has 0 radical (unpaired) electrons. The molecule has 0 amide bonds. The minimum atomic E-state index is -6.28. The van der Waals surface area contributed by atoms with Crippen LogP contribution in [0.5, 0.6) is 0 Å². The number of allylic oxidation sites excluding steroid dienone is 4. The Bertz CT molecular complexity index is 461. The molecule has 1 aliphatic carbocycles. The molecule has 0 heterocycles. The van der Waals surface area contributed by atoms with E-state index in [0.29, 0.717) is 0 Å². The Morgan fingerprint density at radius 2 is 1.37 bits per heavy atom. The Labute approximate surface area is 106 Å². The fourth-order valence-corrected chi connectivity index (χ4v) is 1.64. The summed E-state index contributed by atoms with van der Waals surface area (Å²) in [6.45, 7) is 0. The number of halogens is 11. The molecule has 3 atom stereocenters. The summed E-state index contributed by atoms with van der Waals surface area (Å²) >= 11 is 1.02. The van der Waals surface area contributed by atoms with Gasteiger partial charge in [-0.2, -0.15) is 13.2 Å². The molecule has 0 spiro atoms. The summed E-state index contributed by atoms with van der Waals surface area (Å²) < 4.78 is 122. The first kappa shape index (κ1) is 16.3. The number of hydrogen-bond acceptors (Lipinski definition) is 0. The van der Waals surface area contributed by atoms with Crippen molar-refractivity contribution in [1.82, 2.24) is 0 Å². The van der Waals surface area contributed by atoms with Crippen LogP contribution in [0.1, 0.15) is 0 Å². The van der Waals surface area contributed by atoms with Crippen LogP contribution in [0.4, 0.5) is 43.9 Å². The van der Waals surface area contributed by atoms with Crippen LogP contribution in [0.15, 0.2) is 23.3 Å². The van der Waals surface area contributed by atoms with Crippen LogP contribution >= 0.6 is 15.9 Å². The fraction of sp³-hybridized carbons (Fsp3) is 0.500. The predicted octanol–water partition coefficient (Wildman–Crippen LogP) is 4.97. The molecule has 19 heavy (non-hydrogen) atoms. The van der Waals surface area contributed by atoms with Crippen molar-refractivity contribution >= 4 is 15.9 Å². The lowest BCUT2D eigenvalue weighted by atomic mass is 9.87. The predicted molar refractivity (Wildman–Crippen MR) is 46.0 cm³/mol. The van der Waals surface area contributed by atoms with E-state index in [1.807, 2.05) is 0 Å². The van der Waals surface area contributed by atoms with Gasteiger partial charge in [0.05, 0.1) is 0 Å². The van der Waals surface area contributed by atoms with E-state index in [1.165, 1.54) is 0 Å². The summed E-state index contributed by atoms with van der Waals surface area (Å²) in [6, 6.07) is 0. The van der Waals surface area contributed by atoms with Crippen LogP contribution < -0.4 is 0 Å². The van der Waals surface area contributed by atoms with E-state index in [1.54, 1.807) is 0 Å². The number of alkyl halides is 7. The van der Waals surface area contributed by atoms with Crippen molar-refractivity contribution in [2.75, 3.05) is 0 Å². The zero-order valence-corrected chi connectivity index (χ0v) is 9.82. The second-order valence-electron chi connectivity index (χ2n) is 3.44. The van der Waals surface area contributed by atoms with Crippen LogP contribution in [0.3, 0.4) is 0 Å². The zero-order valence-electron chi connectivity index (χ0n) is 8.23. The first-order valence-corrected chi connectivity index (χ1v) is 4.98. The summed E-state index contributed by atoms with van der Waals surface area (Å²) in [5.74, 6) is -12.4. The van der Waals surface area contributed by atoms with Gasteiger partial charge in [0, 0.05) is 0 Å². The molecule has 0 nitrogen and oxygen atoms in total. The summed E-state index contributed by atoms with van der Waals surface area (Å²) in [4.78, 5) is 0. The van der Waals surface area contributed by atoms with Crippen LogP contribution in [-0.2, 0) is 0 Å². The minimum Gasteiger partial charge on any atom is -0.235 e. The van der Waals surface area contributed by atoms with E-state index in [-0.39, 0.29) is 0 Å². The van der Waals surface area contributed by atoms with Crippen LogP contribution in [0.2, 0.25) is 0 Å². The SMILES string of the molecule is FC1=C(F)C(F)C(F)(C(F)(Br)C(F)(F)F)C(F)=C1F. The van der Waals surface area contributed by atoms with Crippen molar-refractivity contribution in [3.63, 3.8) is 0 Å². The maximum atomic E-state index is 13.7. The minimum absolute atomic E-state index is 1.02. The molecule has 0 aromatic heterocycles. The van der Waals surface area contributed by atoms with Crippen LogP contribution in [0.25, 0.3) is 0 Å². The highest BCUT2D eigenvalue weighted by Gasteiger charge is 2.76. The average Bonchev–Trinajstić information content (AvgIpc) is 2.29. The van der Waals surface area contributed by atoms with Crippen molar-refractivity contribution < 1.29 is 43.9 Å². The Kier molecular flexibility index (Phi) is 3.77. The van der Waals surface area contributed by atoms with E-state index in [0.717, 1.165) is 15.9 Å². The molecule has 0 N–H and O–H groups in total. The van der Waals surface area contributed by atoms with Gasteiger partial charge < -0.3 is 0 Å². The van der Waals surface area contributed by atoms with Gasteiger partial charge in [-0.1, -0.05) is 0 Å². The molecule has 3 unspecified atom stereocenters. The third kappa shape index (κ3) is 1.96. The summed E-state index contributed by atoms with van der Waals surface area (Å²) in [5, 5.41) is 0. The summed E-state index contributed by atoms with van der Waals surface area (Å²) in [6.07, 6.45) is -10.6. The molecule has 0 saturated heterocycles. The van der Waals surface area contributed by atoms with Crippen molar-refractivity contribution in [2.45, 2.75) is 22.6 Å². The van der Waals surface area contributed by atoms with Gasteiger partial charge in [-0.25, -0.2) is 30.7 Å². The van der Waals surface area contributed by atoms with Gasteiger partial charge in [-0.15, -0.1) is 0 Å². The third-order valence-electron chi connectivity index (χ3n) is 2.30. The van der Waals surface area contributed by atoms with Crippen molar-refractivity contribution in [3.05, 3.63) is 23.3 Å². The molecular weight excluding hydrogens is 366 g/mol. The smallest absolute Gasteiger partial charge is 0.235 e. The number of hydrogen-bond donors (Lipinski definition) is 0. The molecule has 110 valence electrons. The second kappa shape index (κ2) is 4.38. The Balaban J connectivity index is 3.59. The lowest BCUT2D eigenvalue weighted by molar-refractivity contribution is -0.235. The highest BCUT2D eigenvalue weighted by Crippen LogP contribution is 2.58. The lowest BCUT2D eigenvalue weighted by Crippen LogP contribution is -2.60. The highest BCUT2D eigenvalue weighted by atomic mass is 79.9. The van der Waals surface area contributed by atoms with Gasteiger partial charge in [-0.3, -0.25) is 0 Å². The quantitative estimate of drug-likeness (QED) is 0.454. The van der Waals surface area contributed by atoms with E-state index >= 15 is 0 Å². The van der Waals surface area contributed by atoms with E-state index in [4.69, 9.17) is 0 Å². The van der Waals surface area contributed by atoms with Crippen molar-refractivity contribution in [1.29, 1.82) is 0 Å². The fourth-order valence-electron chi connectivity index (χ4n) is 1.26. The third-order valence-corrected chi connectivity index (χ3v) is 3.33. The normalized spacial score (nSPS) is 32.7. The molecule has 0 fully saturated rings. The monoisotopic (exact) mass is 366 g/mol. The van der Waals surface area contributed by atoms with E-state index in [2.05, 4.69) is 0 Å².